The van der Waals surface area contributed by atoms with Crippen LogP contribution in [0.4, 0.5) is 5.69 Å². The lowest BCUT2D eigenvalue weighted by molar-refractivity contribution is -0.173. The van der Waals surface area contributed by atoms with Crippen LogP contribution in [0, 0.1) is 86.3 Å². The highest BCUT2D eigenvalue weighted by Crippen LogP contribution is 2.81. The number of thioether (sulfide) groups is 1. The van der Waals surface area contributed by atoms with E-state index in [0.29, 0.717) is 43.4 Å². The van der Waals surface area contributed by atoms with Crippen molar-refractivity contribution in [3.8, 4) is 40.6 Å². The number of ketones is 4. The minimum absolute atomic E-state index is 0.0164. The van der Waals surface area contributed by atoms with Gasteiger partial charge in [-0.15, -0.1) is 11.8 Å². The molecule has 3 N–H and O–H groups in total. The Morgan fingerprint density at radius 2 is 1.38 bits per heavy atom. The first kappa shape index (κ1) is 67.0. The van der Waals surface area contributed by atoms with Crippen LogP contribution in [0.2, 0.25) is 10.0 Å². The van der Waals surface area contributed by atoms with Gasteiger partial charge in [-0.05, 0) is 83.6 Å². The molecule has 2 spiro atoms. The molecule has 17 unspecified atom stereocenters. The summed E-state index contributed by atoms with van der Waals surface area (Å²) in [7, 11) is 5.97. The number of benzene rings is 4. The van der Waals surface area contributed by atoms with Crippen molar-refractivity contribution in [2.45, 2.75) is 174 Å². The number of amides is 1. The molecule has 6 aliphatic rings. The van der Waals surface area contributed by atoms with Crippen LogP contribution >= 0.6 is 35.0 Å². The molecule has 4 aromatic carbocycles. The molecule has 484 valence electrons. The van der Waals surface area contributed by atoms with E-state index in [2.05, 4.69) is 59.9 Å². The van der Waals surface area contributed by atoms with Gasteiger partial charge in [-0.3, -0.25) is 24.0 Å². The molecule has 4 saturated carbocycles. The summed E-state index contributed by atoms with van der Waals surface area (Å²) in [5, 5.41) is 15.2. The number of hydrogen-bond acceptors (Lipinski definition) is 14. The molecule has 4 aliphatic carbocycles. The van der Waals surface area contributed by atoms with Crippen molar-refractivity contribution in [2.24, 2.45) is 80.7 Å². The summed E-state index contributed by atoms with van der Waals surface area (Å²) >= 11 is 15.9. The molecule has 10 rings (SSSR count). The van der Waals surface area contributed by atoms with Gasteiger partial charge in [0.2, 0.25) is 17.5 Å². The highest BCUT2D eigenvalue weighted by Gasteiger charge is 2.82. The highest BCUT2D eigenvalue weighted by molar-refractivity contribution is 8.00. The van der Waals surface area contributed by atoms with Crippen LogP contribution in [0.25, 0.3) is 0 Å². The maximum atomic E-state index is 16.5. The number of nitrogens with one attached hydrogen (secondary N) is 1. The van der Waals surface area contributed by atoms with Gasteiger partial charge < -0.3 is 39.5 Å². The summed E-state index contributed by atoms with van der Waals surface area (Å²) in [5.41, 5.74) is 2.37. The highest BCUT2D eigenvalue weighted by atomic mass is 35.5. The van der Waals surface area contributed by atoms with E-state index < -0.39 is 86.7 Å². The molecule has 1 amide bonds. The predicted molar refractivity (Wildman–Crippen MR) is 352 cm³/mol. The van der Waals surface area contributed by atoms with E-state index in [1.165, 1.54) is 28.4 Å². The number of fused-ring (bicyclic) bond motifs is 6. The van der Waals surface area contributed by atoms with Crippen LogP contribution in [0.1, 0.15) is 173 Å². The van der Waals surface area contributed by atoms with Gasteiger partial charge in [0, 0.05) is 81.4 Å². The Balaban J connectivity index is 1.09. The molecule has 0 aromatic heterocycles. The van der Waals surface area contributed by atoms with Crippen LogP contribution < -0.4 is 39.5 Å². The number of carbonyl (C=O) groups is 5. The Bertz CT molecular complexity index is 3520. The topological polar surface area (TPSA) is 203 Å². The van der Waals surface area contributed by atoms with E-state index in [-0.39, 0.29) is 121 Å². The first-order chi connectivity index (χ1) is 42.8. The summed E-state index contributed by atoms with van der Waals surface area (Å²) in [6.45, 7) is 23.2. The summed E-state index contributed by atoms with van der Waals surface area (Å²) in [6.07, 6.45) is 4.64. The van der Waals surface area contributed by atoms with E-state index in [1.54, 1.807) is 23.9 Å². The molecule has 2 aliphatic heterocycles. The summed E-state index contributed by atoms with van der Waals surface area (Å²) in [5.74, 6) is -6.35. The Labute approximate surface area is 546 Å². The predicted octanol–water partition coefficient (Wildman–Crippen LogP) is 15.9. The molecular formula is C73H91Cl2N3O11S. The van der Waals surface area contributed by atoms with E-state index in [1.807, 2.05) is 82.3 Å². The fourth-order valence-electron chi connectivity index (χ4n) is 19.1. The molecule has 90 heavy (non-hydrogen) atoms. The van der Waals surface area contributed by atoms with E-state index in [9.17, 15) is 10.1 Å². The second kappa shape index (κ2) is 24.8. The first-order valence-corrected chi connectivity index (χ1v) is 34.1. The molecule has 14 nitrogen and oxygen atoms in total. The lowest BCUT2D eigenvalue weighted by Crippen LogP contribution is -2.69. The molecule has 4 fully saturated rings. The van der Waals surface area contributed by atoms with Gasteiger partial charge in [0.1, 0.15) is 55.7 Å². The number of nitriles is 1. The molecular weight excluding hydrogens is 1200 g/mol. The first-order valence-electron chi connectivity index (χ1n) is 32.5. The Hall–Kier alpha value is -5.95. The molecule has 0 radical (unpaired) electrons. The number of halogens is 2. The van der Waals surface area contributed by atoms with Gasteiger partial charge in [0.15, 0.2) is 22.7 Å². The molecule has 17 heteroatoms. The lowest BCUT2D eigenvalue weighted by atomic mass is 9.44. The minimum Gasteiger partial charge on any atom is -0.496 e. The zero-order valence-corrected chi connectivity index (χ0v) is 57.4. The number of nitrogens with two attached hydrogens (primary N) is 1. The zero-order chi connectivity index (χ0) is 65.5. The van der Waals surface area contributed by atoms with Crippen molar-refractivity contribution < 1.29 is 52.4 Å². The number of ether oxygens (including phenoxy) is 6. The third-order valence-electron chi connectivity index (χ3n) is 24.0. The maximum Gasteiger partial charge on any atom is 0.222 e. The maximum absolute atomic E-state index is 16.5. The van der Waals surface area contributed by atoms with Crippen molar-refractivity contribution in [2.75, 3.05) is 33.8 Å². The van der Waals surface area contributed by atoms with Gasteiger partial charge in [-0.25, -0.2) is 0 Å². The SMILES string of the molecule is CCCC12CC(C(N)=O)C(Nc3ccc(C4C(=O)C(CC(C#N)C(C)Sc5ccccc5)C(C(CC)C(C)(CC)CC)C5(Oc6c(Cl)c(OC)cc(OC)c6C5=O)C4C)cc3)C(CC)C3(C)CC3(C)C1C1(Oc3c(Cl)c(OC)cc(OC)c3C1=O)C(C)CC2=O. The lowest BCUT2D eigenvalue weighted by Gasteiger charge is -2.59. The van der Waals surface area contributed by atoms with Crippen LogP contribution in [0.15, 0.2) is 71.6 Å². The third kappa shape index (κ3) is 9.84. The monoisotopic (exact) mass is 1290 g/mol. The van der Waals surface area contributed by atoms with Crippen molar-refractivity contribution in [3.05, 3.63) is 93.5 Å². The molecule has 17 atom stereocenters. The largest absolute Gasteiger partial charge is 0.496 e. The van der Waals surface area contributed by atoms with Crippen LogP contribution in [-0.4, -0.2) is 80.0 Å². The van der Waals surface area contributed by atoms with Crippen molar-refractivity contribution in [1.29, 1.82) is 5.26 Å². The van der Waals surface area contributed by atoms with E-state index in [4.69, 9.17) is 57.4 Å². The Kier molecular flexibility index (Phi) is 18.5. The minimum atomic E-state index is -1.68. The van der Waals surface area contributed by atoms with E-state index >= 15 is 19.2 Å². The molecule has 4 aromatic rings. The van der Waals surface area contributed by atoms with Crippen LogP contribution in [-0.2, 0) is 14.4 Å². The second-order valence-corrected chi connectivity index (χ2v) is 29.9. The second-order valence-electron chi connectivity index (χ2n) is 27.7. The van der Waals surface area contributed by atoms with Gasteiger partial charge >= 0.3 is 0 Å². The van der Waals surface area contributed by atoms with Gasteiger partial charge in [0.25, 0.3) is 0 Å². The summed E-state index contributed by atoms with van der Waals surface area (Å²) in [6, 6.07) is 22.9. The molecule has 0 bridgehead atoms. The fraction of sp³-hybridized carbons (Fsp3) is 0.589. The summed E-state index contributed by atoms with van der Waals surface area (Å²) < 4.78 is 37.9. The van der Waals surface area contributed by atoms with Gasteiger partial charge in [-0.2, -0.15) is 5.26 Å². The Morgan fingerprint density at radius 1 is 0.822 bits per heavy atom. The Morgan fingerprint density at radius 3 is 1.88 bits per heavy atom. The van der Waals surface area contributed by atoms with Crippen LogP contribution in [0.3, 0.4) is 0 Å². The van der Waals surface area contributed by atoms with Crippen molar-refractivity contribution in [3.63, 3.8) is 0 Å². The number of anilines is 1. The normalized spacial score (nSPS) is 32.6. The summed E-state index contributed by atoms with van der Waals surface area (Å²) in [4.78, 5) is 79.9. The van der Waals surface area contributed by atoms with Crippen molar-refractivity contribution >= 4 is 69.7 Å². The van der Waals surface area contributed by atoms with E-state index in [0.717, 1.165) is 17.7 Å². The van der Waals surface area contributed by atoms with Crippen LogP contribution in [0.5, 0.6) is 34.5 Å². The average molecular weight is 1290 g/mol. The number of carbonyl (C=O) groups excluding carboxylic acids is 5. The molecule has 0 saturated heterocycles. The number of nitrogens with zero attached hydrogens (tertiary/aromatic N) is 1. The number of hydrogen-bond donors (Lipinski definition) is 2. The standard InChI is InChI=1S/C73H91Cl2N3O11S/c1-16-30-71-35-46(66(77)83)60(48(18-3)69(10)37-70(69,11)67(71)72(38(6)31-53(71)79)64(81)55-49(84-12)33-51(86-14)58(74)62(55)88-72)78-43-28-26-41(27-29-43)54-39(7)73(65(82)56-50(85-13)34-52(87-15)59(75)63(56)89-73)57(47(17-2)68(9,19-4)20-5)45(61(54)80)32-42(36-76)40(8)90-44-24-22-21-23-25-44/h21-29,33-34,38-40,42,45-48,54,57,60,67,78H,16-20,30-32,35,37H2,1-15H3,(H2,77,83). The number of primary amides is 1. The van der Waals surface area contributed by atoms with Gasteiger partial charge in [0.05, 0.1) is 46.3 Å². The smallest absolute Gasteiger partial charge is 0.222 e. The zero-order valence-electron chi connectivity index (χ0n) is 55.0. The quantitative estimate of drug-likeness (QED) is 0.0746. The molecule has 2 heterocycles. The van der Waals surface area contributed by atoms with Gasteiger partial charge in [-0.1, -0.05) is 162 Å². The van der Waals surface area contributed by atoms with Crippen molar-refractivity contribution in [1.82, 2.24) is 0 Å². The number of rotatable bonds is 21. The average Bonchev–Trinajstić information content (AvgIpc) is 1.47. The number of methoxy groups -OCH3 is 4. The fourth-order valence-corrected chi connectivity index (χ4v) is 20.8. The third-order valence-corrected chi connectivity index (χ3v) is 26.0. The number of Topliss-reactive ketones (excluding diaryl/α,β-unsaturated/α-hetero) is 4.